The summed E-state index contributed by atoms with van der Waals surface area (Å²) in [5.74, 6) is 0.847. The molecule has 3 aromatic rings. The number of aliphatic hydroxyl groups is 1. The monoisotopic (exact) mass is 284 g/mol. The summed E-state index contributed by atoms with van der Waals surface area (Å²) in [5.41, 5.74) is 3.05. The molecule has 1 heterocycles. The molecule has 0 aliphatic heterocycles. The molecule has 0 radical (unpaired) electrons. The quantitative estimate of drug-likeness (QED) is 0.777. The Hall–Kier alpha value is -1.84. The van der Waals surface area contributed by atoms with Crippen molar-refractivity contribution in [2.45, 2.75) is 13.0 Å². The molecule has 0 fully saturated rings. The van der Waals surface area contributed by atoms with Crippen molar-refractivity contribution in [3.8, 4) is 5.75 Å². The van der Waals surface area contributed by atoms with Gasteiger partial charge in [0.15, 0.2) is 0 Å². The molecule has 1 aromatic heterocycles. The number of thiophene rings is 1. The van der Waals surface area contributed by atoms with Gasteiger partial charge in [0.2, 0.25) is 0 Å². The fourth-order valence-electron chi connectivity index (χ4n) is 2.37. The van der Waals surface area contributed by atoms with E-state index in [4.69, 9.17) is 4.74 Å². The highest BCUT2D eigenvalue weighted by Gasteiger charge is 2.14. The first-order valence-electron chi connectivity index (χ1n) is 6.47. The topological polar surface area (TPSA) is 29.5 Å². The van der Waals surface area contributed by atoms with E-state index in [0.29, 0.717) is 0 Å². The highest BCUT2D eigenvalue weighted by molar-refractivity contribution is 7.08. The number of hydrogen-bond acceptors (Lipinski definition) is 3. The zero-order valence-corrected chi connectivity index (χ0v) is 12.3. The molecule has 0 saturated carbocycles. The summed E-state index contributed by atoms with van der Waals surface area (Å²) in [6, 6.07) is 12.0. The van der Waals surface area contributed by atoms with Crippen LogP contribution in [0.15, 0.2) is 47.2 Å². The van der Waals surface area contributed by atoms with Crippen LogP contribution in [0, 0.1) is 6.92 Å². The lowest BCUT2D eigenvalue weighted by molar-refractivity contribution is 0.220. The van der Waals surface area contributed by atoms with E-state index in [9.17, 15) is 5.11 Å². The van der Waals surface area contributed by atoms with Gasteiger partial charge in [-0.1, -0.05) is 18.2 Å². The summed E-state index contributed by atoms with van der Waals surface area (Å²) in [5, 5.41) is 16.8. The second kappa shape index (κ2) is 5.27. The largest absolute Gasteiger partial charge is 0.497 e. The van der Waals surface area contributed by atoms with Gasteiger partial charge in [-0.3, -0.25) is 0 Å². The molecule has 20 heavy (non-hydrogen) atoms. The Labute approximate surface area is 122 Å². The maximum absolute atomic E-state index is 10.5. The van der Waals surface area contributed by atoms with Gasteiger partial charge in [-0.2, -0.15) is 11.3 Å². The summed E-state index contributed by atoms with van der Waals surface area (Å²) in [6.07, 6.45) is -0.562. The Morgan fingerprint density at radius 1 is 1.05 bits per heavy atom. The lowest BCUT2D eigenvalue weighted by Gasteiger charge is -2.12. The van der Waals surface area contributed by atoms with Crippen LogP contribution in [0.2, 0.25) is 0 Å². The van der Waals surface area contributed by atoms with Crippen molar-refractivity contribution < 1.29 is 9.84 Å². The van der Waals surface area contributed by atoms with E-state index in [0.717, 1.165) is 33.2 Å². The summed E-state index contributed by atoms with van der Waals surface area (Å²) < 4.78 is 5.23. The number of fused-ring (bicyclic) bond motifs is 1. The number of rotatable bonds is 3. The van der Waals surface area contributed by atoms with E-state index in [1.807, 2.05) is 48.7 Å². The lowest BCUT2D eigenvalue weighted by Crippen LogP contribution is -1.99. The van der Waals surface area contributed by atoms with E-state index in [2.05, 4.69) is 5.38 Å². The first-order chi connectivity index (χ1) is 9.69. The van der Waals surface area contributed by atoms with Gasteiger partial charge in [-0.15, -0.1) is 0 Å². The molecule has 0 spiro atoms. The van der Waals surface area contributed by atoms with E-state index >= 15 is 0 Å². The van der Waals surface area contributed by atoms with Gasteiger partial charge >= 0.3 is 0 Å². The van der Waals surface area contributed by atoms with Crippen molar-refractivity contribution in [2.24, 2.45) is 0 Å². The number of ether oxygens (including phenoxy) is 1. The molecule has 0 saturated heterocycles. The van der Waals surface area contributed by atoms with Gasteiger partial charge in [0.25, 0.3) is 0 Å². The second-order valence-electron chi connectivity index (χ2n) is 4.89. The Balaban J connectivity index is 2.03. The first-order valence-corrected chi connectivity index (χ1v) is 7.42. The first kappa shape index (κ1) is 13.2. The van der Waals surface area contributed by atoms with Crippen LogP contribution < -0.4 is 4.74 Å². The SMILES string of the molecule is COc1ccc2cc(C(O)c3cscc3C)ccc2c1. The Morgan fingerprint density at radius 3 is 2.50 bits per heavy atom. The van der Waals surface area contributed by atoms with E-state index in [1.54, 1.807) is 18.4 Å². The number of benzene rings is 2. The van der Waals surface area contributed by atoms with Crippen molar-refractivity contribution in [2.75, 3.05) is 7.11 Å². The highest BCUT2D eigenvalue weighted by Crippen LogP contribution is 2.30. The molecule has 3 rings (SSSR count). The van der Waals surface area contributed by atoms with Gasteiger partial charge in [-0.25, -0.2) is 0 Å². The van der Waals surface area contributed by atoms with Crippen molar-refractivity contribution >= 4 is 22.1 Å². The van der Waals surface area contributed by atoms with Gasteiger partial charge in [0.05, 0.1) is 7.11 Å². The third-order valence-electron chi connectivity index (χ3n) is 3.58. The Morgan fingerprint density at radius 2 is 1.80 bits per heavy atom. The maximum atomic E-state index is 10.5. The normalized spacial score (nSPS) is 12.6. The third kappa shape index (κ3) is 2.30. The van der Waals surface area contributed by atoms with Crippen molar-refractivity contribution in [1.29, 1.82) is 0 Å². The number of hydrogen-bond donors (Lipinski definition) is 1. The fourth-order valence-corrected chi connectivity index (χ4v) is 3.24. The van der Waals surface area contributed by atoms with Gasteiger partial charge in [0.1, 0.15) is 11.9 Å². The minimum Gasteiger partial charge on any atom is -0.497 e. The molecule has 1 unspecified atom stereocenters. The van der Waals surface area contributed by atoms with Crippen LogP contribution in [0.4, 0.5) is 0 Å². The smallest absolute Gasteiger partial charge is 0.119 e. The summed E-state index contributed by atoms with van der Waals surface area (Å²) >= 11 is 1.62. The molecule has 1 N–H and O–H groups in total. The fraction of sp³-hybridized carbons (Fsp3) is 0.176. The average molecular weight is 284 g/mol. The zero-order chi connectivity index (χ0) is 14.1. The third-order valence-corrected chi connectivity index (χ3v) is 4.46. The predicted molar refractivity (Wildman–Crippen MR) is 83.6 cm³/mol. The van der Waals surface area contributed by atoms with Crippen LogP contribution in [0.25, 0.3) is 10.8 Å². The summed E-state index contributed by atoms with van der Waals surface area (Å²) in [4.78, 5) is 0. The highest BCUT2D eigenvalue weighted by atomic mass is 32.1. The van der Waals surface area contributed by atoms with Crippen LogP contribution >= 0.6 is 11.3 Å². The van der Waals surface area contributed by atoms with Crippen LogP contribution in [0.1, 0.15) is 22.8 Å². The second-order valence-corrected chi connectivity index (χ2v) is 5.63. The minimum atomic E-state index is -0.562. The van der Waals surface area contributed by atoms with Crippen LogP contribution in [-0.2, 0) is 0 Å². The summed E-state index contributed by atoms with van der Waals surface area (Å²) in [7, 11) is 1.67. The average Bonchev–Trinajstić information content (AvgIpc) is 2.91. The van der Waals surface area contributed by atoms with Crippen LogP contribution in [-0.4, -0.2) is 12.2 Å². The molecule has 102 valence electrons. The molecular weight excluding hydrogens is 268 g/mol. The standard InChI is InChI=1S/C17H16O2S/c1-11-9-20-10-16(11)17(18)14-4-3-13-8-15(19-2)6-5-12(13)7-14/h3-10,17-18H,1-2H3. The molecule has 0 amide bonds. The molecule has 0 aliphatic carbocycles. The van der Waals surface area contributed by atoms with Gasteiger partial charge < -0.3 is 9.84 Å². The number of methoxy groups -OCH3 is 1. The minimum absolute atomic E-state index is 0.562. The van der Waals surface area contributed by atoms with E-state index < -0.39 is 6.10 Å². The molecule has 3 heteroatoms. The van der Waals surface area contributed by atoms with Crippen molar-refractivity contribution in [3.05, 3.63) is 63.8 Å². The Bertz CT molecular complexity index is 746. The summed E-state index contributed by atoms with van der Waals surface area (Å²) in [6.45, 7) is 2.03. The zero-order valence-electron chi connectivity index (χ0n) is 11.5. The van der Waals surface area contributed by atoms with Crippen LogP contribution in [0.3, 0.4) is 0 Å². The molecule has 2 aromatic carbocycles. The Kier molecular flexibility index (Phi) is 3.47. The number of aliphatic hydroxyl groups excluding tert-OH is 1. The predicted octanol–water partition coefficient (Wildman–Crippen LogP) is 4.30. The molecule has 0 bridgehead atoms. The lowest BCUT2D eigenvalue weighted by atomic mass is 9.98. The molecule has 2 nitrogen and oxygen atoms in total. The van der Waals surface area contributed by atoms with E-state index in [1.165, 1.54) is 0 Å². The van der Waals surface area contributed by atoms with Crippen molar-refractivity contribution in [1.82, 2.24) is 0 Å². The van der Waals surface area contributed by atoms with Crippen LogP contribution in [0.5, 0.6) is 5.75 Å². The van der Waals surface area contributed by atoms with Gasteiger partial charge in [-0.05, 0) is 63.3 Å². The van der Waals surface area contributed by atoms with E-state index in [-0.39, 0.29) is 0 Å². The molecular formula is C17H16O2S. The molecule has 0 aliphatic rings. The molecule has 1 atom stereocenters. The maximum Gasteiger partial charge on any atom is 0.119 e. The number of aryl methyl sites for hydroxylation is 1. The van der Waals surface area contributed by atoms with Gasteiger partial charge in [0, 0.05) is 0 Å². The van der Waals surface area contributed by atoms with Crippen molar-refractivity contribution in [3.63, 3.8) is 0 Å².